The lowest BCUT2D eigenvalue weighted by molar-refractivity contribution is -0.132. The molecule has 5 rings (SSSR count). The Morgan fingerprint density at radius 2 is 1.55 bits per heavy atom. The average Bonchev–Trinajstić information content (AvgIpc) is 3.62. The van der Waals surface area contributed by atoms with Crippen molar-refractivity contribution < 1.29 is 9.59 Å². The van der Waals surface area contributed by atoms with E-state index in [0.29, 0.717) is 18.2 Å². The van der Waals surface area contributed by atoms with Crippen LogP contribution >= 0.6 is 11.3 Å². The van der Waals surface area contributed by atoms with Gasteiger partial charge in [-0.25, -0.2) is 4.98 Å². The summed E-state index contributed by atoms with van der Waals surface area (Å²) < 4.78 is 0. The normalized spacial score (nSPS) is 16.7. The molecule has 1 aliphatic carbocycles. The molecule has 1 N–H and O–H groups in total. The summed E-state index contributed by atoms with van der Waals surface area (Å²) in [6, 6.07) is 21.3. The molecule has 2 fully saturated rings. The van der Waals surface area contributed by atoms with Gasteiger partial charge in [-0.2, -0.15) is 0 Å². The maximum Gasteiger partial charge on any atom is 0.229 e. The predicted octanol–water partition coefficient (Wildman–Crippen LogP) is 3.97. The van der Waals surface area contributed by atoms with Crippen LogP contribution in [0.3, 0.4) is 0 Å². The molecule has 1 aromatic heterocycles. The Bertz CT molecular complexity index is 1050. The van der Waals surface area contributed by atoms with Gasteiger partial charge in [0.1, 0.15) is 0 Å². The first-order valence-electron chi connectivity index (χ1n) is 11.5. The van der Waals surface area contributed by atoms with Crippen molar-refractivity contribution in [2.45, 2.75) is 25.3 Å². The van der Waals surface area contributed by atoms with Gasteiger partial charge in [0.25, 0.3) is 0 Å². The van der Waals surface area contributed by atoms with Gasteiger partial charge in [0.05, 0.1) is 18.2 Å². The Morgan fingerprint density at radius 3 is 2.12 bits per heavy atom. The minimum atomic E-state index is 0.0461. The van der Waals surface area contributed by atoms with Gasteiger partial charge in [-0.05, 0) is 24.0 Å². The first kappa shape index (κ1) is 21.8. The average molecular weight is 461 g/mol. The lowest BCUT2D eigenvalue weighted by Gasteiger charge is -2.39. The van der Waals surface area contributed by atoms with Crippen LogP contribution in [-0.2, 0) is 16.0 Å². The molecular formula is C26H28N4O2S. The van der Waals surface area contributed by atoms with Crippen molar-refractivity contribution in [1.82, 2.24) is 14.8 Å². The third-order valence-corrected chi connectivity index (χ3v) is 7.13. The van der Waals surface area contributed by atoms with Crippen molar-refractivity contribution >= 4 is 28.3 Å². The zero-order valence-electron chi connectivity index (χ0n) is 18.5. The van der Waals surface area contributed by atoms with E-state index in [0.717, 1.165) is 31.6 Å². The quantitative estimate of drug-likeness (QED) is 0.580. The summed E-state index contributed by atoms with van der Waals surface area (Å²) in [5, 5.41) is 5.33. The number of nitrogens with zero attached hydrogens (tertiary/aromatic N) is 3. The molecule has 7 heteroatoms. The van der Waals surface area contributed by atoms with E-state index in [4.69, 9.17) is 0 Å². The van der Waals surface area contributed by atoms with E-state index >= 15 is 0 Å². The summed E-state index contributed by atoms with van der Waals surface area (Å²) in [6.07, 6.45) is 2.20. The van der Waals surface area contributed by atoms with Gasteiger partial charge in [0, 0.05) is 37.5 Å². The number of piperazine rings is 1. The largest absolute Gasteiger partial charge is 0.340 e. The highest BCUT2D eigenvalue weighted by molar-refractivity contribution is 7.13. The molecule has 0 atom stereocenters. The van der Waals surface area contributed by atoms with Crippen LogP contribution in [0.1, 0.15) is 35.7 Å². The van der Waals surface area contributed by atoms with Crippen LogP contribution < -0.4 is 5.32 Å². The van der Waals surface area contributed by atoms with E-state index < -0.39 is 0 Å². The number of anilines is 1. The summed E-state index contributed by atoms with van der Waals surface area (Å²) in [5.74, 6) is 0.284. The Morgan fingerprint density at radius 1 is 0.939 bits per heavy atom. The fourth-order valence-corrected chi connectivity index (χ4v) is 5.09. The van der Waals surface area contributed by atoms with E-state index in [-0.39, 0.29) is 30.2 Å². The molecule has 2 aromatic carbocycles. The number of carbonyl (C=O) groups excluding carboxylic acids is 2. The molecule has 0 unspecified atom stereocenters. The summed E-state index contributed by atoms with van der Waals surface area (Å²) >= 11 is 1.39. The highest BCUT2D eigenvalue weighted by atomic mass is 32.1. The minimum Gasteiger partial charge on any atom is -0.340 e. The Kier molecular flexibility index (Phi) is 6.51. The van der Waals surface area contributed by atoms with Gasteiger partial charge in [-0.15, -0.1) is 11.3 Å². The van der Waals surface area contributed by atoms with Gasteiger partial charge in [-0.1, -0.05) is 60.7 Å². The molecule has 3 aromatic rings. The Hall–Kier alpha value is -3.03. The number of amides is 2. The van der Waals surface area contributed by atoms with Crippen LogP contribution in [0.4, 0.5) is 5.13 Å². The minimum absolute atomic E-state index is 0.0461. The lowest BCUT2D eigenvalue weighted by atomic mass is 9.96. The number of rotatable bonds is 7. The Labute approximate surface area is 198 Å². The van der Waals surface area contributed by atoms with Crippen molar-refractivity contribution in [3.8, 4) is 0 Å². The first-order valence-corrected chi connectivity index (χ1v) is 12.4. The molecule has 1 aliphatic heterocycles. The molecule has 0 radical (unpaired) electrons. The van der Waals surface area contributed by atoms with Gasteiger partial charge >= 0.3 is 0 Å². The monoisotopic (exact) mass is 460 g/mol. The van der Waals surface area contributed by atoms with E-state index in [1.807, 2.05) is 22.4 Å². The van der Waals surface area contributed by atoms with Crippen LogP contribution in [0.25, 0.3) is 0 Å². The third kappa shape index (κ3) is 5.31. The molecule has 1 saturated carbocycles. The molecule has 0 bridgehead atoms. The fourth-order valence-electron chi connectivity index (χ4n) is 4.38. The zero-order valence-corrected chi connectivity index (χ0v) is 19.3. The number of thiazole rings is 1. The molecule has 2 heterocycles. The standard InChI is InChI=1S/C26H28N4O2S/c31-23(17-22-18-33-26(27-22)28-25(32)21-11-12-21)29-13-15-30(16-14-29)24(19-7-3-1-4-8-19)20-9-5-2-6-10-20/h1-10,18,21,24H,11-17H2,(H,27,28,32). The van der Waals surface area contributed by atoms with Crippen molar-refractivity contribution in [2.24, 2.45) is 5.92 Å². The molecular weight excluding hydrogens is 432 g/mol. The Balaban J connectivity index is 1.19. The zero-order chi connectivity index (χ0) is 22.6. The van der Waals surface area contributed by atoms with Crippen molar-refractivity contribution in [3.63, 3.8) is 0 Å². The highest BCUT2D eigenvalue weighted by Crippen LogP contribution is 2.31. The van der Waals surface area contributed by atoms with Crippen molar-refractivity contribution in [1.29, 1.82) is 0 Å². The number of hydrogen-bond donors (Lipinski definition) is 1. The van der Waals surface area contributed by atoms with Gasteiger partial charge < -0.3 is 10.2 Å². The van der Waals surface area contributed by atoms with Crippen LogP contribution in [0.15, 0.2) is 66.0 Å². The van der Waals surface area contributed by atoms with Crippen molar-refractivity contribution in [3.05, 3.63) is 82.9 Å². The van der Waals surface area contributed by atoms with Crippen LogP contribution in [-0.4, -0.2) is 52.8 Å². The van der Waals surface area contributed by atoms with Crippen LogP contribution in [0, 0.1) is 5.92 Å². The van der Waals surface area contributed by atoms with E-state index in [2.05, 4.69) is 63.7 Å². The smallest absolute Gasteiger partial charge is 0.229 e. The van der Waals surface area contributed by atoms with E-state index in [9.17, 15) is 9.59 Å². The second-order valence-electron chi connectivity index (χ2n) is 8.72. The number of aromatic nitrogens is 1. The van der Waals surface area contributed by atoms with Gasteiger partial charge in [0.2, 0.25) is 11.8 Å². The molecule has 6 nitrogen and oxygen atoms in total. The summed E-state index contributed by atoms with van der Waals surface area (Å²) in [4.78, 5) is 33.7. The van der Waals surface area contributed by atoms with Crippen LogP contribution in [0.2, 0.25) is 0 Å². The number of hydrogen-bond acceptors (Lipinski definition) is 5. The maximum absolute atomic E-state index is 12.9. The second kappa shape index (κ2) is 9.85. The van der Waals surface area contributed by atoms with E-state index in [1.54, 1.807) is 0 Å². The molecule has 33 heavy (non-hydrogen) atoms. The number of nitrogens with one attached hydrogen (secondary N) is 1. The summed E-state index contributed by atoms with van der Waals surface area (Å²) in [5.41, 5.74) is 3.27. The molecule has 2 aliphatic rings. The van der Waals surface area contributed by atoms with Crippen molar-refractivity contribution in [2.75, 3.05) is 31.5 Å². The predicted molar refractivity (Wildman–Crippen MR) is 130 cm³/mol. The number of benzene rings is 2. The fraction of sp³-hybridized carbons (Fsp3) is 0.346. The third-order valence-electron chi connectivity index (χ3n) is 6.33. The maximum atomic E-state index is 12.9. The molecule has 1 saturated heterocycles. The second-order valence-corrected chi connectivity index (χ2v) is 9.58. The molecule has 0 spiro atoms. The highest BCUT2D eigenvalue weighted by Gasteiger charge is 2.31. The molecule has 170 valence electrons. The van der Waals surface area contributed by atoms with Gasteiger partial charge in [-0.3, -0.25) is 14.5 Å². The van der Waals surface area contributed by atoms with Gasteiger partial charge in [0.15, 0.2) is 5.13 Å². The molecule has 2 amide bonds. The lowest BCUT2D eigenvalue weighted by Crippen LogP contribution is -2.50. The topological polar surface area (TPSA) is 65.5 Å². The summed E-state index contributed by atoms with van der Waals surface area (Å²) in [7, 11) is 0. The number of carbonyl (C=O) groups is 2. The van der Waals surface area contributed by atoms with E-state index in [1.165, 1.54) is 22.5 Å². The first-order chi connectivity index (χ1) is 16.2. The summed E-state index contributed by atoms with van der Waals surface area (Å²) in [6.45, 7) is 3.04. The van der Waals surface area contributed by atoms with Crippen LogP contribution in [0.5, 0.6) is 0 Å². The SMILES string of the molecule is O=C(Nc1nc(CC(=O)N2CCN(C(c3ccccc3)c3ccccc3)CC2)cs1)C1CC1.